The number of ether oxygens (including phenoxy) is 1. The zero-order valence-electron chi connectivity index (χ0n) is 11.3. The Labute approximate surface area is 113 Å². The minimum Gasteiger partial charge on any atom is -0.504 e. The number of hydrogen-bond acceptors (Lipinski definition) is 4. The topological polar surface area (TPSA) is 78.8 Å². The van der Waals surface area contributed by atoms with Crippen LogP contribution in [0.3, 0.4) is 0 Å². The molecule has 1 unspecified atom stereocenters. The zero-order chi connectivity index (χ0) is 14.3. The van der Waals surface area contributed by atoms with Crippen LogP contribution in [0.1, 0.15) is 26.7 Å². The van der Waals surface area contributed by atoms with Gasteiger partial charge < -0.3 is 20.3 Å². The van der Waals surface area contributed by atoms with E-state index >= 15 is 0 Å². The highest BCUT2D eigenvalue weighted by Crippen LogP contribution is 2.24. The fourth-order valence-electron chi connectivity index (χ4n) is 1.67. The average molecular weight is 267 g/mol. The molecule has 106 valence electrons. The number of phenols is 1. The first-order valence-electron chi connectivity index (χ1n) is 6.33. The van der Waals surface area contributed by atoms with Crippen LogP contribution in [0.4, 0.5) is 0 Å². The fraction of sp³-hybridized carbons (Fsp3) is 0.500. The number of amides is 1. The molecule has 0 spiro atoms. The summed E-state index contributed by atoms with van der Waals surface area (Å²) in [6, 6.07) is 6.48. The Hall–Kier alpha value is -1.75. The standard InChI is InChI=1S/C14H21NO4/c1-3-14(2,8-9-16)15-13(18)10-19-12-7-5-4-6-11(12)17/h4-7,16-17H,3,8-10H2,1-2H3,(H,15,18). The molecule has 0 fully saturated rings. The van der Waals surface area contributed by atoms with Gasteiger partial charge in [0.25, 0.3) is 5.91 Å². The third-order valence-corrected chi connectivity index (χ3v) is 3.11. The molecule has 0 saturated heterocycles. The van der Waals surface area contributed by atoms with Gasteiger partial charge in [-0.15, -0.1) is 0 Å². The van der Waals surface area contributed by atoms with Crippen LogP contribution >= 0.6 is 0 Å². The molecule has 1 atom stereocenters. The number of rotatable bonds is 7. The van der Waals surface area contributed by atoms with Crippen molar-refractivity contribution in [2.75, 3.05) is 13.2 Å². The minimum atomic E-state index is -0.437. The van der Waals surface area contributed by atoms with E-state index in [1.165, 1.54) is 6.07 Å². The highest BCUT2D eigenvalue weighted by atomic mass is 16.5. The van der Waals surface area contributed by atoms with Crippen molar-refractivity contribution in [2.45, 2.75) is 32.2 Å². The van der Waals surface area contributed by atoms with Crippen LogP contribution in [-0.4, -0.2) is 34.9 Å². The predicted molar refractivity (Wildman–Crippen MR) is 72.1 cm³/mol. The van der Waals surface area contributed by atoms with Crippen molar-refractivity contribution in [3.8, 4) is 11.5 Å². The molecule has 1 aromatic rings. The Bertz CT molecular complexity index is 422. The van der Waals surface area contributed by atoms with Crippen molar-refractivity contribution in [2.24, 2.45) is 0 Å². The molecule has 0 aromatic heterocycles. The number of carbonyl (C=O) groups excluding carboxylic acids is 1. The zero-order valence-corrected chi connectivity index (χ0v) is 11.3. The predicted octanol–water partition coefficient (Wildman–Crippen LogP) is 1.44. The summed E-state index contributed by atoms with van der Waals surface area (Å²) >= 11 is 0. The first-order chi connectivity index (χ1) is 9.00. The second-order valence-electron chi connectivity index (χ2n) is 4.69. The van der Waals surface area contributed by atoms with Gasteiger partial charge in [0.1, 0.15) is 0 Å². The summed E-state index contributed by atoms with van der Waals surface area (Å²) in [7, 11) is 0. The third kappa shape index (κ3) is 4.79. The lowest BCUT2D eigenvalue weighted by atomic mass is 9.95. The van der Waals surface area contributed by atoms with E-state index in [0.29, 0.717) is 6.42 Å². The van der Waals surface area contributed by atoms with E-state index in [0.717, 1.165) is 6.42 Å². The van der Waals surface area contributed by atoms with E-state index in [-0.39, 0.29) is 30.6 Å². The van der Waals surface area contributed by atoms with Crippen molar-refractivity contribution in [1.82, 2.24) is 5.32 Å². The Morgan fingerprint density at radius 1 is 1.42 bits per heavy atom. The quantitative estimate of drug-likeness (QED) is 0.698. The van der Waals surface area contributed by atoms with Gasteiger partial charge in [-0.25, -0.2) is 0 Å². The average Bonchev–Trinajstić information content (AvgIpc) is 2.38. The molecule has 3 N–H and O–H groups in total. The number of carbonyl (C=O) groups is 1. The SMILES string of the molecule is CCC(C)(CCO)NC(=O)COc1ccccc1O. The van der Waals surface area contributed by atoms with Crippen LogP contribution in [0.5, 0.6) is 11.5 Å². The van der Waals surface area contributed by atoms with Gasteiger partial charge in [0.15, 0.2) is 18.1 Å². The number of phenolic OH excluding ortho intramolecular Hbond substituents is 1. The maximum absolute atomic E-state index is 11.8. The summed E-state index contributed by atoms with van der Waals surface area (Å²) in [4.78, 5) is 11.8. The Morgan fingerprint density at radius 2 is 2.11 bits per heavy atom. The van der Waals surface area contributed by atoms with Crippen LogP contribution in [-0.2, 0) is 4.79 Å². The number of para-hydroxylation sites is 2. The highest BCUT2D eigenvalue weighted by molar-refractivity contribution is 5.78. The molecule has 1 rings (SSSR count). The first kappa shape index (κ1) is 15.3. The van der Waals surface area contributed by atoms with Gasteiger partial charge in [-0.05, 0) is 31.9 Å². The van der Waals surface area contributed by atoms with Crippen LogP contribution < -0.4 is 10.1 Å². The van der Waals surface area contributed by atoms with Crippen molar-refractivity contribution >= 4 is 5.91 Å². The number of aliphatic hydroxyl groups is 1. The van der Waals surface area contributed by atoms with Gasteiger partial charge >= 0.3 is 0 Å². The molecule has 0 aliphatic heterocycles. The molecule has 19 heavy (non-hydrogen) atoms. The summed E-state index contributed by atoms with van der Waals surface area (Å²) in [6.07, 6.45) is 1.21. The lowest BCUT2D eigenvalue weighted by Crippen LogP contribution is -2.47. The maximum Gasteiger partial charge on any atom is 0.258 e. The molecule has 0 aliphatic carbocycles. The van der Waals surface area contributed by atoms with Crippen LogP contribution in [0, 0.1) is 0 Å². The summed E-state index contributed by atoms with van der Waals surface area (Å²) in [5.41, 5.74) is -0.437. The van der Waals surface area contributed by atoms with Crippen molar-refractivity contribution in [3.63, 3.8) is 0 Å². The Kier molecular flexibility index (Phi) is 5.63. The van der Waals surface area contributed by atoms with Gasteiger partial charge in [0, 0.05) is 12.1 Å². The molecule has 5 heteroatoms. The minimum absolute atomic E-state index is 0.00362. The monoisotopic (exact) mass is 267 g/mol. The van der Waals surface area contributed by atoms with Crippen molar-refractivity contribution in [1.29, 1.82) is 0 Å². The normalized spacial score (nSPS) is 13.6. The molecule has 1 aromatic carbocycles. The number of nitrogens with one attached hydrogen (secondary N) is 1. The van der Waals surface area contributed by atoms with Crippen LogP contribution in [0.25, 0.3) is 0 Å². The van der Waals surface area contributed by atoms with Gasteiger partial charge in [-0.3, -0.25) is 4.79 Å². The van der Waals surface area contributed by atoms with E-state index < -0.39 is 5.54 Å². The second-order valence-corrected chi connectivity index (χ2v) is 4.69. The summed E-state index contributed by atoms with van der Waals surface area (Å²) in [6.45, 7) is 3.67. The van der Waals surface area contributed by atoms with E-state index in [9.17, 15) is 9.90 Å². The summed E-state index contributed by atoms with van der Waals surface area (Å²) in [5, 5.41) is 21.3. The van der Waals surface area contributed by atoms with E-state index in [4.69, 9.17) is 9.84 Å². The molecular weight excluding hydrogens is 246 g/mol. The van der Waals surface area contributed by atoms with Crippen molar-refractivity contribution in [3.05, 3.63) is 24.3 Å². The molecular formula is C14H21NO4. The second kappa shape index (κ2) is 6.99. The molecule has 5 nitrogen and oxygen atoms in total. The molecule has 0 saturated carbocycles. The largest absolute Gasteiger partial charge is 0.504 e. The Balaban J connectivity index is 2.50. The maximum atomic E-state index is 11.8. The van der Waals surface area contributed by atoms with Crippen LogP contribution in [0.15, 0.2) is 24.3 Å². The van der Waals surface area contributed by atoms with E-state index in [1.54, 1.807) is 18.2 Å². The molecule has 1 amide bonds. The van der Waals surface area contributed by atoms with E-state index in [2.05, 4.69) is 5.32 Å². The smallest absolute Gasteiger partial charge is 0.258 e. The summed E-state index contributed by atoms with van der Waals surface area (Å²) in [5.74, 6) is 0.00275. The molecule has 0 bridgehead atoms. The fourth-order valence-corrected chi connectivity index (χ4v) is 1.67. The van der Waals surface area contributed by atoms with Gasteiger partial charge in [-0.2, -0.15) is 0 Å². The summed E-state index contributed by atoms with van der Waals surface area (Å²) < 4.78 is 5.24. The highest BCUT2D eigenvalue weighted by Gasteiger charge is 2.23. The van der Waals surface area contributed by atoms with Gasteiger partial charge in [0.05, 0.1) is 0 Å². The molecule has 0 aliphatic rings. The molecule has 0 radical (unpaired) electrons. The number of hydrogen-bond donors (Lipinski definition) is 3. The lowest BCUT2D eigenvalue weighted by molar-refractivity contribution is -0.125. The first-order valence-corrected chi connectivity index (χ1v) is 6.33. The van der Waals surface area contributed by atoms with Gasteiger partial charge in [-0.1, -0.05) is 19.1 Å². The lowest BCUT2D eigenvalue weighted by Gasteiger charge is -2.28. The van der Waals surface area contributed by atoms with E-state index in [1.807, 2.05) is 13.8 Å². The number of benzene rings is 1. The van der Waals surface area contributed by atoms with Crippen molar-refractivity contribution < 1.29 is 19.7 Å². The third-order valence-electron chi connectivity index (χ3n) is 3.11. The van der Waals surface area contributed by atoms with Crippen LogP contribution in [0.2, 0.25) is 0 Å². The Morgan fingerprint density at radius 3 is 2.68 bits per heavy atom. The number of aromatic hydroxyl groups is 1. The molecule has 0 heterocycles. The van der Waals surface area contributed by atoms with Gasteiger partial charge in [0.2, 0.25) is 0 Å². The number of aliphatic hydroxyl groups excluding tert-OH is 1.